The molecule has 1 atom stereocenters. The van der Waals surface area contributed by atoms with Crippen LogP contribution in [0.3, 0.4) is 0 Å². The van der Waals surface area contributed by atoms with E-state index in [4.69, 9.17) is 14.6 Å². The highest BCUT2D eigenvalue weighted by atomic mass is 16.6. The molecule has 0 aliphatic carbocycles. The average Bonchev–Trinajstić information content (AvgIpc) is 3.34. The van der Waals surface area contributed by atoms with E-state index in [1.165, 1.54) is 11.9 Å². The van der Waals surface area contributed by atoms with E-state index in [-0.39, 0.29) is 18.3 Å². The minimum Gasteiger partial charge on any atom is -0.465 e. The maximum Gasteiger partial charge on any atom is 0.428 e. The Labute approximate surface area is 226 Å². The van der Waals surface area contributed by atoms with Gasteiger partial charge in [-0.1, -0.05) is 18.2 Å². The van der Waals surface area contributed by atoms with Crippen molar-refractivity contribution in [2.45, 2.75) is 45.3 Å². The van der Waals surface area contributed by atoms with Crippen molar-refractivity contribution < 1.29 is 29.0 Å². The second kappa shape index (κ2) is 11.5. The third-order valence-electron chi connectivity index (χ3n) is 6.05. The number of para-hydroxylation sites is 1. The SMILES string of the molecule is CN(NC(=O)c1cc(-c2ccc(Oc3ccccc3)cc2)nn1C1CCCN(C(=O)O)C1)C(=O)OC(C)(C)C. The summed E-state index contributed by atoms with van der Waals surface area (Å²) in [6, 6.07) is 18.0. The summed E-state index contributed by atoms with van der Waals surface area (Å²) in [7, 11) is 1.39. The van der Waals surface area contributed by atoms with Crippen LogP contribution in [0.1, 0.15) is 50.1 Å². The summed E-state index contributed by atoms with van der Waals surface area (Å²) in [4.78, 5) is 38.7. The van der Waals surface area contributed by atoms with Crippen LogP contribution in [0.15, 0.2) is 60.7 Å². The van der Waals surface area contributed by atoms with Crippen LogP contribution < -0.4 is 10.2 Å². The van der Waals surface area contributed by atoms with Gasteiger partial charge in [0.2, 0.25) is 0 Å². The first-order chi connectivity index (χ1) is 18.5. The number of rotatable bonds is 5. The van der Waals surface area contributed by atoms with Gasteiger partial charge in [0.1, 0.15) is 22.8 Å². The first-order valence-electron chi connectivity index (χ1n) is 12.7. The Balaban J connectivity index is 1.60. The number of nitrogens with one attached hydrogen (secondary N) is 1. The molecule has 1 aliphatic rings. The molecule has 2 N–H and O–H groups in total. The molecule has 3 amide bonds. The van der Waals surface area contributed by atoms with Crippen LogP contribution in [0, 0.1) is 0 Å². The lowest BCUT2D eigenvalue weighted by atomic mass is 10.1. The van der Waals surface area contributed by atoms with Crippen molar-refractivity contribution in [3.8, 4) is 22.8 Å². The van der Waals surface area contributed by atoms with Crippen molar-refractivity contribution >= 4 is 18.1 Å². The number of likely N-dealkylation sites (tertiary alicyclic amines) is 1. The first kappa shape index (κ1) is 27.5. The van der Waals surface area contributed by atoms with Crippen molar-refractivity contribution in [2.75, 3.05) is 20.1 Å². The van der Waals surface area contributed by atoms with E-state index in [9.17, 15) is 19.5 Å². The highest BCUT2D eigenvalue weighted by molar-refractivity contribution is 5.94. The van der Waals surface area contributed by atoms with Gasteiger partial charge in [-0.25, -0.2) is 14.6 Å². The fourth-order valence-corrected chi connectivity index (χ4v) is 4.22. The largest absolute Gasteiger partial charge is 0.465 e. The van der Waals surface area contributed by atoms with Gasteiger partial charge >= 0.3 is 12.2 Å². The number of carboxylic acid groups (broad SMARTS) is 1. The summed E-state index contributed by atoms with van der Waals surface area (Å²) in [6.45, 7) is 5.81. The van der Waals surface area contributed by atoms with Crippen LogP contribution >= 0.6 is 0 Å². The lowest BCUT2D eigenvalue weighted by Crippen LogP contribution is -2.47. The van der Waals surface area contributed by atoms with E-state index >= 15 is 0 Å². The van der Waals surface area contributed by atoms with Crippen LogP contribution in [-0.2, 0) is 4.74 Å². The number of amides is 3. The fourth-order valence-electron chi connectivity index (χ4n) is 4.22. The highest BCUT2D eigenvalue weighted by Gasteiger charge is 2.30. The zero-order valence-electron chi connectivity index (χ0n) is 22.5. The molecule has 1 saturated heterocycles. The molecule has 1 aliphatic heterocycles. The molecule has 4 rings (SSSR count). The Bertz CT molecular complexity index is 1320. The molecule has 0 radical (unpaired) electrons. The molecular formula is C28H33N5O6. The van der Waals surface area contributed by atoms with Crippen LogP contribution in [0.25, 0.3) is 11.3 Å². The van der Waals surface area contributed by atoms with E-state index in [1.54, 1.807) is 31.5 Å². The molecular weight excluding hydrogens is 502 g/mol. The first-order valence-corrected chi connectivity index (χ1v) is 12.7. The Kier molecular flexibility index (Phi) is 8.08. The normalized spacial score (nSPS) is 15.4. The molecule has 0 bridgehead atoms. The number of hydrogen-bond donors (Lipinski definition) is 2. The Morgan fingerprint density at radius 3 is 2.36 bits per heavy atom. The maximum atomic E-state index is 13.3. The van der Waals surface area contributed by atoms with E-state index in [1.807, 2.05) is 54.6 Å². The number of carbonyl (C=O) groups is 3. The molecule has 1 fully saturated rings. The van der Waals surface area contributed by atoms with Gasteiger partial charge in [-0.05, 0) is 76.1 Å². The number of ether oxygens (including phenoxy) is 2. The van der Waals surface area contributed by atoms with Gasteiger partial charge in [0.15, 0.2) is 0 Å². The zero-order valence-corrected chi connectivity index (χ0v) is 22.5. The lowest BCUT2D eigenvalue weighted by Gasteiger charge is -2.31. The quantitative estimate of drug-likeness (QED) is 0.432. The summed E-state index contributed by atoms with van der Waals surface area (Å²) in [5.41, 5.74) is 3.28. The molecule has 2 heterocycles. The third kappa shape index (κ3) is 7.07. The standard InChI is InChI=1S/C28H33N5O6/c1-28(2,3)39-27(37)31(4)30-25(34)24-17-23(29-33(24)20-9-8-16-32(18-20)26(35)36)19-12-14-22(15-13-19)38-21-10-6-5-7-11-21/h5-7,10-15,17,20H,8-9,16,18H2,1-4H3,(H,30,34)(H,35,36). The number of piperidine rings is 1. The van der Waals surface area contributed by atoms with E-state index < -0.39 is 23.7 Å². The van der Waals surface area contributed by atoms with Gasteiger partial charge in [0.05, 0.1) is 11.7 Å². The molecule has 1 unspecified atom stereocenters. The van der Waals surface area contributed by atoms with Gasteiger partial charge in [0.25, 0.3) is 5.91 Å². The number of carbonyl (C=O) groups excluding carboxylic acids is 2. The van der Waals surface area contributed by atoms with Gasteiger partial charge in [0, 0.05) is 25.7 Å². The number of hydrogen-bond acceptors (Lipinski definition) is 6. The van der Waals surface area contributed by atoms with Crippen LogP contribution in [0.4, 0.5) is 9.59 Å². The van der Waals surface area contributed by atoms with Gasteiger partial charge in [-0.3, -0.25) is 14.9 Å². The van der Waals surface area contributed by atoms with Crippen LogP contribution in [-0.4, -0.2) is 68.6 Å². The molecule has 39 heavy (non-hydrogen) atoms. The molecule has 1 aromatic heterocycles. The molecule has 11 heteroatoms. The van der Waals surface area contributed by atoms with Crippen molar-refractivity contribution in [3.05, 3.63) is 66.4 Å². The van der Waals surface area contributed by atoms with Crippen molar-refractivity contribution in [1.82, 2.24) is 25.1 Å². The average molecular weight is 536 g/mol. The smallest absolute Gasteiger partial charge is 0.428 e. The molecule has 3 aromatic rings. The monoisotopic (exact) mass is 535 g/mol. The van der Waals surface area contributed by atoms with E-state index in [2.05, 4.69) is 5.43 Å². The van der Waals surface area contributed by atoms with Crippen molar-refractivity contribution in [1.29, 1.82) is 0 Å². The predicted octanol–water partition coefficient (Wildman–Crippen LogP) is 5.17. The van der Waals surface area contributed by atoms with Crippen molar-refractivity contribution in [2.24, 2.45) is 0 Å². The number of aromatic nitrogens is 2. The second-order valence-electron chi connectivity index (χ2n) is 10.3. The third-order valence-corrected chi connectivity index (χ3v) is 6.05. The number of benzene rings is 2. The number of hydrazine groups is 1. The molecule has 0 spiro atoms. The summed E-state index contributed by atoms with van der Waals surface area (Å²) >= 11 is 0. The molecule has 206 valence electrons. The highest BCUT2D eigenvalue weighted by Crippen LogP contribution is 2.29. The fraction of sp³-hybridized carbons (Fsp3) is 0.357. The van der Waals surface area contributed by atoms with Crippen LogP contribution in [0.5, 0.6) is 11.5 Å². The van der Waals surface area contributed by atoms with Crippen molar-refractivity contribution in [3.63, 3.8) is 0 Å². The predicted molar refractivity (Wildman–Crippen MR) is 144 cm³/mol. The van der Waals surface area contributed by atoms with Gasteiger partial charge in [-0.2, -0.15) is 5.10 Å². The molecule has 2 aromatic carbocycles. The lowest BCUT2D eigenvalue weighted by molar-refractivity contribution is 0.0192. The minimum absolute atomic E-state index is 0.197. The van der Waals surface area contributed by atoms with E-state index in [0.717, 1.165) is 10.6 Å². The van der Waals surface area contributed by atoms with Crippen LogP contribution in [0.2, 0.25) is 0 Å². The van der Waals surface area contributed by atoms with Gasteiger partial charge < -0.3 is 19.5 Å². The van der Waals surface area contributed by atoms with E-state index in [0.29, 0.717) is 36.6 Å². The zero-order chi connectivity index (χ0) is 28.2. The summed E-state index contributed by atoms with van der Waals surface area (Å²) in [5.74, 6) is 0.784. The van der Waals surface area contributed by atoms with Gasteiger partial charge in [-0.15, -0.1) is 0 Å². The molecule has 0 saturated carbocycles. The Hall–Kier alpha value is -4.54. The Morgan fingerprint density at radius 1 is 1.05 bits per heavy atom. The second-order valence-corrected chi connectivity index (χ2v) is 10.3. The minimum atomic E-state index is -1.02. The topological polar surface area (TPSA) is 126 Å². The summed E-state index contributed by atoms with van der Waals surface area (Å²) in [5, 5.41) is 15.2. The summed E-state index contributed by atoms with van der Waals surface area (Å²) in [6.07, 6.45) is -0.448. The number of nitrogens with zero attached hydrogens (tertiary/aromatic N) is 4. The maximum absolute atomic E-state index is 13.3. The molecule has 11 nitrogen and oxygen atoms in total. The summed E-state index contributed by atoms with van der Waals surface area (Å²) < 4.78 is 12.7. The Morgan fingerprint density at radius 2 is 1.72 bits per heavy atom.